The van der Waals surface area contributed by atoms with Gasteiger partial charge in [0.05, 0.1) is 13.3 Å². The number of carbonyl (C=O) groups excluding carboxylic acids is 1. The van der Waals surface area contributed by atoms with Crippen molar-refractivity contribution in [3.05, 3.63) is 42.0 Å². The molecule has 3 N–H and O–H groups in total. The Hall–Kier alpha value is -2.56. The maximum absolute atomic E-state index is 10.6. The molecule has 0 unspecified atom stereocenters. The standard InChI is InChI=1S/C13H13N3O2/c1-18-12-7-6-9-4-2-3-5-10(9)11(12)8-15-16-13(14)17/h2-8H,1H3,(H3,14,16,17). The first-order valence-corrected chi connectivity index (χ1v) is 5.36. The van der Waals surface area contributed by atoms with Gasteiger partial charge in [-0.2, -0.15) is 5.10 Å². The van der Waals surface area contributed by atoms with E-state index in [1.165, 1.54) is 6.21 Å². The van der Waals surface area contributed by atoms with Crippen molar-refractivity contribution in [2.75, 3.05) is 7.11 Å². The van der Waals surface area contributed by atoms with E-state index in [0.29, 0.717) is 5.75 Å². The van der Waals surface area contributed by atoms with Gasteiger partial charge in [0.15, 0.2) is 0 Å². The molecule has 2 aromatic rings. The maximum atomic E-state index is 10.6. The summed E-state index contributed by atoms with van der Waals surface area (Å²) in [5.74, 6) is 0.684. The number of hydrazone groups is 1. The molecule has 2 rings (SSSR count). The number of amides is 2. The lowest BCUT2D eigenvalue weighted by Gasteiger charge is -2.08. The van der Waals surface area contributed by atoms with Gasteiger partial charge in [0.1, 0.15) is 5.75 Å². The van der Waals surface area contributed by atoms with Crippen LogP contribution in [-0.2, 0) is 0 Å². The molecule has 2 amide bonds. The van der Waals surface area contributed by atoms with Crippen molar-refractivity contribution in [1.82, 2.24) is 5.43 Å². The van der Waals surface area contributed by atoms with E-state index in [1.54, 1.807) is 7.11 Å². The molecule has 92 valence electrons. The number of hydrogen-bond acceptors (Lipinski definition) is 3. The van der Waals surface area contributed by atoms with Crippen LogP contribution in [0, 0.1) is 0 Å². The van der Waals surface area contributed by atoms with Crippen LogP contribution < -0.4 is 15.9 Å². The summed E-state index contributed by atoms with van der Waals surface area (Å²) in [6.45, 7) is 0. The van der Waals surface area contributed by atoms with Gasteiger partial charge in [-0.1, -0.05) is 30.3 Å². The predicted octanol–water partition coefficient (Wildman–Crippen LogP) is 1.85. The molecule has 0 heterocycles. The second-order valence-electron chi connectivity index (χ2n) is 3.64. The molecule has 5 heteroatoms. The molecule has 0 aromatic heterocycles. The van der Waals surface area contributed by atoms with Crippen molar-refractivity contribution in [2.45, 2.75) is 0 Å². The second-order valence-corrected chi connectivity index (χ2v) is 3.64. The van der Waals surface area contributed by atoms with Gasteiger partial charge in [0, 0.05) is 5.56 Å². The largest absolute Gasteiger partial charge is 0.496 e. The average Bonchev–Trinajstić information content (AvgIpc) is 2.38. The Morgan fingerprint density at radius 3 is 2.83 bits per heavy atom. The highest BCUT2D eigenvalue weighted by molar-refractivity contribution is 6.02. The molecule has 0 fully saturated rings. The topological polar surface area (TPSA) is 76.7 Å². The van der Waals surface area contributed by atoms with Gasteiger partial charge in [0.2, 0.25) is 0 Å². The third kappa shape index (κ3) is 2.40. The first-order valence-electron chi connectivity index (χ1n) is 5.36. The lowest BCUT2D eigenvalue weighted by Crippen LogP contribution is -2.24. The van der Waals surface area contributed by atoms with E-state index in [0.717, 1.165) is 16.3 Å². The number of nitrogens with two attached hydrogens (primary N) is 1. The first kappa shape index (κ1) is 11.9. The van der Waals surface area contributed by atoms with Crippen LogP contribution in [0.25, 0.3) is 10.8 Å². The summed E-state index contributed by atoms with van der Waals surface area (Å²) in [6, 6.07) is 11.0. The summed E-state index contributed by atoms with van der Waals surface area (Å²) in [5.41, 5.74) is 7.90. The maximum Gasteiger partial charge on any atom is 0.332 e. The van der Waals surface area contributed by atoms with Crippen LogP contribution in [0.5, 0.6) is 5.75 Å². The number of fused-ring (bicyclic) bond motifs is 1. The predicted molar refractivity (Wildman–Crippen MR) is 70.8 cm³/mol. The number of nitrogens with zero attached hydrogens (tertiary/aromatic N) is 1. The normalized spacial score (nSPS) is 10.7. The monoisotopic (exact) mass is 243 g/mol. The molecule has 0 spiro atoms. The van der Waals surface area contributed by atoms with Gasteiger partial charge in [-0.25, -0.2) is 10.2 Å². The van der Waals surface area contributed by atoms with Crippen LogP contribution in [0.1, 0.15) is 5.56 Å². The molecular formula is C13H13N3O2. The minimum Gasteiger partial charge on any atom is -0.496 e. The van der Waals surface area contributed by atoms with E-state index < -0.39 is 6.03 Å². The van der Waals surface area contributed by atoms with Crippen LogP contribution in [-0.4, -0.2) is 19.4 Å². The molecular weight excluding hydrogens is 230 g/mol. The highest BCUT2D eigenvalue weighted by Crippen LogP contribution is 2.26. The second kappa shape index (κ2) is 5.18. The summed E-state index contributed by atoms with van der Waals surface area (Å²) in [6.07, 6.45) is 1.52. The molecule has 18 heavy (non-hydrogen) atoms. The number of rotatable bonds is 3. The van der Waals surface area contributed by atoms with Gasteiger partial charge < -0.3 is 10.5 Å². The fourth-order valence-electron chi connectivity index (χ4n) is 1.75. The molecule has 0 saturated heterocycles. The van der Waals surface area contributed by atoms with Crippen LogP contribution in [0.3, 0.4) is 0 Å². The number of urea groups is 1. The van der Waals surface area contributed by atoms with Crippen molar-refractivity contribution in [1.29, 1.82) is 0 Å². The Morgan fingerprint density at radius 1 is 1.33 bits per heavy atom. The molecule has 0 bridgehead atoms. The van der Waals surface area contributed by atoms with E-state index in [2.05, 4.69) is 10.5 Å². The van der Waals surface area contributed by atoms with E-state index in [4.69, 9.17) is 10.5 Å². The summed E-state index contributed by atoms with van der Waals surface area (Å²) >= 11 is 0. The van der Waals surface area contributed by atoms with Gasteiger partial charge in [0.25, 0.3) is 0 Å². The zero-order valence-corrected chi connectivity index (χ0v) is 9.88. The van der Waals surface area contributed by atoms with E-state index in [-0.39, 0.29) is 0 Å². The smallest absolute Gasteiger partial charge is 0.332 e. The highest BCUT2D eigenvalue weighted by atomic mass is 16.5. The number of nitrogens with one attached hydrogen (secondary N) is 1. The Labute approximate surface area is 104 Å². The number of hydrogen-bond donors (Lipinski definition) is 2. The van der Waals surface area contributed by atoms with E-state index in [1.807, 2.05) is 36.4 Å². The highest BCUT2D eigenvalue weighted by Gasteiger charge is 2.05. The molecule has 0 aliphatic carbocycles. The molecule has 0 saturated carbocycles. The van der Waals surface area contributed by atoms with Gasteiger partial charge in [-0.3, -0.25) is 0 Å². The number of carbonyl (C=O) groups is 1. The van der Waals surface area contributed by atoms with Crippen LogP contribution in [0.4, 0.5) is 4.79 Å². The molecule has 0 aliphatic heterocycles. The summed E-state index contributed by atoms with van der Waals surface area (Å²) in [4.78, 5) is 10.6. The Kier molecular flexibility index (Phi) is 3.43. The SMILES string of the molecule is COc1ccc2ccccc2c1C=NNC(N)=O. The van der Waals surface area contributed by atoms with Crippen LogP contribution >= 0.6 is 0 Å². The zero-order chi connectivity index (χ0) is 13.0. The average molecular weight is 243 g/mol. The first-order chi connectivity index (χ1) is 8.72. The van der Waals surface area contributed by atoms with Crippen molar-refractivity contribution >= 4 is 23.0 Å². The lowest BCUT2D eigenvalue weighted by molar-refractivity contribution is 0.249. The van der Waals surface area contributed by atoms with Gasteiger partial charge >= 0.3 is 6.03 Å². The van der Waals surface area contributed by atoms with Crippen molar-refractivity contribution < 1.29 is 9.53 Å². The van der Waals surface area contributed by atoms with Gasteiger partial charge in [-0.05, 0) is 16.8 Å². The summed E-state index contributed by atoms with van der Waals surface area (Å²) in [7, 11) is 1.59. The van der Waals surface area contributed by atoms with Gasteiger partial charge in [-0.15, -0.1) is 0 Å². The van der Waals surface area contributed by atoms with Crippen LogP contribution in [0.15, 0.2) is 41.5 Å². The third-order valence-corrected chi connectivity index (χ3v) is 2.52. The Bertz CT molecular complexity index is 608. The van der Waals surface area contributed by atoms with Crippen LogP contribution in [0.2, 0.25) is 0 Å². The fraction of sp³-hybridized carbons (Fsp3) is 0.0769. The van der Waals surface area contributed by atoms with E-state index >= 15 is 0 Å². The summed E-state index contributed by atoms with van der Waals surface area (Å²) < 4.78 is 5.28. The number of primary amides is 1. The minimum atomic E-state index is -0.703. The molecule has 5 nitrogen and oxygen atoms in total. The summed E-state index contributed by atoms with van der Waals surface area (Å²) in [5, 5.41) is 5.83. The number of benzene rings is 2. The molecule has 0 radical (unpaired) electrons. The van der Waals surface area contributed by atoms with Crippen molar-refractivity contribution in [2.24, 2.45) is 10.8 Å². The zero-order valence-electron chi connectivity index (χ0n) is 9.88. The van der Waals surface area contributed by atoms with Crippen molar-refractivity contribution in [3.8, 4) is 5.75 Å². The molecule has 0 aliphatic rings. The quantitative estimate of drug-likeness (QED) is 0.637. The fourth-order valence-corrected chi connectivity index (χ4v) is 1.75. The third-order valence-electron chi connectivity index (χ3n) is 2.52. The molecule has 0 atom stereocenters. The Balaban J connectivity index is 2.51. The van der Waals surface area contributed by atoms with E-state index in [9.17, 15) is 4.79 Å². The lowest BCUT2D eigenvalue weighted by atomic mass is 10.0. The number of methoxy groups -OCH3 is 1. The molecule has 2 aromatic carbocycles. The minimum absolute atomic E-state index is 0.684. The Morgan fingerprint density at radius 2 is 2.11 bits per heavy atom. The number of ether oxygens (including phenoxy) is 1. The van der Waals surface area contributed by atoms with Crippen molar-refractivity contribution in [3.63, 3.8) is 0 Å².